The third-order valence-corrected chi connectivity index (χ3v) is 0.994. The molecule has 4 nitrogen and oxygen atoms in total. The molecule has 0 amide bonds. The summed E-state index contributed by atoms with van der Waals surface area (Å²) in [5, 5.41) is 16.0. The van der Waals surface area contributed by atoms with Gasteiger partial charge in [0.2, 0.25) is 0 Å². The summed E-state index contributed by atoms with van der Waals surface area (Å²) in [5.41, 5.74) is 4.67. The Hall–Kier alpha value is -0.610. The predicted octanol–water partition coefficient (Wildman–Crippen LogP) is 0.935. The van der Waals surface area contributed by atoms with Gasteiger partial charge in [0, 0.05) is 6.42 Å². The van der Waals surface area contributed by atoms with Crippen molar-refractivity contribution in [2.24, 2.45) is 5.73 Å². The average molecular weight is 177 g/mol. The van der Waals surface area contributed by atoms with E-state index in [1.165, 1.54) is 6.92 Å². The number of unbranched alkanes of at least 4 members (excludes halogenated alkanes) is 2. The van der Waals surface area contributed by atoms with Crippen LogP contribution in [0.1, 0.15) is 39.5 Å². The predicted molar refractivity (Wildman–Crippen MR) is 47.6 cm³/mol. The second kappa shape index (κ2) is 10.4. The number of aliphatic hydroxyl groups excluding tert-OH is 1. The van der Waals surface area contributed by atoms with Crippen molar-refractivity contribution in [3.05, 3.63) is 0 Å². The molecule has 0 saturated heterocycles. The van der Waals surface area contributed by atoms with Crippen molar-refractivity contribution in [3.8, 4) is 0 Å². The smallest absolute Gasteiger partial charge is 0.303 e. The molecule has 4 heteroatoms. The highest BCUT2D eigenvalue weighted by atomic mass is 16.4. The van der Waals surface area contributed by atoms with Crippen LogP contribution in [0.5, 0.6) is 0 Å². The quantitative estimate of drug-likeness (QED) is 0.440. The molecule has 0 heterocycles. The lowest BCUT2D eigenvalue weighted by Gasteiger charge is -1.89. The largest absolute Gasteiger partial charge is 0.481 e. The van der Waals surface area contributed by atoms with E-state index in [0.717, 1.165) is 19.3 Å². The van der Waals surface area contributed by atoms with Crippen LogP contribution >= 0.6 is 0 Å². The Kier molecular flexibility index (Phi) is 12.1. The molecule has 1 unspecified atom stereocenters. The fourth-order valence-corrected chi connectivity index (χ4v) is 0.526. The van der Waals surface area contributed by atoms with E-state index in [0.29, 0.717) is 6.42 Å². The summed E-state index contributed by atoms with van der Waals surface area (Å²) >= 11 is 0. The van der Waals surface area contributed by atoms with Crippen LogP contribution in [0.25, 0.3) is 0 Å². The van der Waals surface area contributed by atoms with Crippen LogP contribution < -0.4 is 5.73 Å². The van der Waals surface area contributed by atoms with Gasteiger partial charge in [-0.3, -0.25) is 4.79 Å². The number of carboxylic acids is 1. The van der Waals surface area contributed by atoms with Gasteiger partial charge in [-0.1, -0.05) is 19.8 Å². The second-order valence-corrected chi connectivity index (χ2v) is 2.59. The molecule has 12 heavy (non-hydrogen) atoms. The van der Waals surface area contributed by atoms with Crippen LogP contribution in [0.4, 0.5) is 0 Å². The van der Waals surface area contributed by atoms with Gasteiger partial charge in [0.15, 0.2) is 0 Å². The molecule has 0 fully saturated rings. The Morgan fingerprint density at radius 1 is 1.50 bits per heavy atom. The van der Waals surface area contributed by atoms with Crippen LogP contribution in [0, 0.1) is 0 Å². The summed E-state index contributed by atoms with van der Waals surface area (Å²) in [6.07, 6.45) is 2.61. The molecule has 0 bridgehead atoms. The molecular weight excluding hydrogens is 158 g/mol. The Balaban J connectivity index is 0. The van der Waals surface area contributed by atoms with Crippen LogP contribution in [0.15, 0.2) is 0 Å². The number of carboxylic acid groups (broad SMARTS) is 1. The van der Waals surface area contributed by atoms with E-state index >= 15 is 0 Å². The van der Waals surface area contributed by atoms with Gasteiger partial charge in [-0.25, -0.2) is 0 Å². The molecule has 0 spiro atoms. The molecule has 4 N–H and O–H groups in total. The van der Waals surface area contributed by atoms with E-state index in [1.54, 1.807) is 0 Å². The van der Waals surface area contributed by atoms with Gasteiger partial charge in [-0.05, 0) is 13.3 Å². The van der Waals surface area contributed by atoms with Crippen molar-refractivity contribution in [3.63, 3.8) is 0 Å². The first-order valence-electron chi connectivity index (χ1n) is 4.16. The van der Waals surface area contributed by atoms with Crippen molar-refractivity contribution in [2.75, 3.05) is 0 Å². The number of nitrogens with two attached hydrogens (primary N) is 1. The van der Waals surface area contributed by atoms with Gasteiger partial charge >= 0.3 is 5.97 Å². The molecule has 0 radical (unpaired) electrons. The number of hydrogen-bond acceptors (Lipinski definition) is 3. The average Bonchev–Trinajstić information content (AvgIpc) is 1.86. The maximum absolute atomic E-state index is 9.87. The standard InChI is InChI=1S/C6H12O2.C2H7NO/c1-2-3-4-5-6(7)8;1-2(3)4/h2-5H2,1H3,(H,7,8);2,4H,3H2,1H3. The summed E-state index contributed by atoms with van der Waals surface area (Å²) in [6.45, 7) is 3.56. The summed E-state index contributed by atoms with van der Waals surface area (Å²) in [5.74, 6) is -0.682. The van der Waals surface area contributed by atoms with E-state index in [-0.39, 0.29) is 0 Å². The zero-order valence-electron chi connectivity index (χ0n) is 7.79. The number of aliphatic hydroxyl groups is 1. The fraction of sp³-hybridized carbons (Fsp3) is 0.875. The first-order chi connectivity index (χ1) is 5.50. The molecule has 74 valence electrons. The van der Waals surface area contributed by atoms with Crippen molar-refractivity contribution in [1.29, 1.82) is 0 Å². The van der Waals surface area contributed by atoms with E-state index in [9.17, 15) is 4.79 Å². The Labute approximate surface area is 73.4 Å². The van der Waals surface area contributed by atoms with E-state index in [1.807, 2.05) is 0 Å². The maximum Gasteiger partial charge on any atom is 0.303 e. The highest BCUT2D eigenvalue weighted by molar-refractivity contribution is 5.66. The third kappa shape index (κ3) is 34.3. The summed E-state index contributed by atoms with van der Waals surface area (Å²) < 4.78 is 0. The summed E-state index contributed by atoms with van der Waals surface area (Å²) in [4.78, 5) is 9.87. The summed E-state index contributed by atoms with van der Waals surface area (Å²) in [6, 6.07) is 0. The Bertz CT molecular complexity index is 102. The van der Waals surface area contributed by atoms with Gasteiger partial charge in [-0.2, -0.15) is 0 Å². The first-order valence-corrected chi connectivity index (χ1v) is 4.16. The van der Waals surface area contributed by atoms with Crippen molar-refractivity contribution < 1.29 is 15.0 Å². The van der Waals surface area contributed by atoms with Crippen molar-refractivity contribution >= 4 is 5.97 Å². The molecule has 0 rings (SSSR count). The number of hydrogen-bond donors (Lipinski definition) is 3. The Morgan fingerprint density at radius 3 is 2.17 bits per heavy atom. The summed E-state index contributed by atoms with van der Waals surface area (Å²) in [7, 11) is 0. The van der Waals surface area contributed by atoms with Crippen LogP contribution in [-0.2, 0) is 4.79 Å². The minimum atomic E-state index is -0.682. The molecule has 0 aliphatic carbocycles. The molecular formula is C8H19NO3. The van der Waals surface area contributed by atoms with Gasteiger partial charge < -0.3 is 15.9 Å². The van der Waals surface area contributed by atoms with Crippen LogP contribution in [0.3, 0.4) is 0 Å². The first kappa shape index (κ1) is 13.9. The molecule has 0 saturated carbocycles. The molecule has 0 aromatic heterocycles. The van der Waals surface area contributed by atoms with E-state index in [4.69, 9.17) is 10.2 Å². The van der Waals surface area contributed by atoms with E-state index < -0.39 is 12.2 Å². The lowest BCUT2D eigenvalue weighted by Crippen LogP contribution is -2.11. The maximum atomic E-state index is 9.87. The van der Waals surface area contributed by atoms with Crippen molar-refractivity contribution in [2.45, 2.75) is 45.8 Å². The molecule has 0 aliphatic rings. The van der Waals surface area contributed by atoms with Gasteiger partial charge in [-0.15, -0.1) is 0 Å². The number of rotatable bonds is 4. The molecule has 1 atom stereocenters. The number of carbonyl (C=O) groups is 1. The Morgan fingerprint density at radius 2 is 1.92 bits per heavy atom. The lowest BCUT2D eigenvalue weighted by molar-refractivity contribution is -0.137. The lowest BCUT2D eigenvalue weighted by atomic mass is 10.2. The topological polar surface area (TPSA) is 83.5 Å². The third-order valence-electron chi connectivity index (χ3n) is 0.994. The van der Waals surface area contributed by atoms with Crippen LogP contribution in [0.2, 0.25) is 0 Å². The zero-order chi connectivity index (χ0) is 9.98. The van der Waals surface area contributed by atoms with Gasteiger partial charge in [0.1, 0.15) is 0 Å². The normalized spacial score (nSPS) is 11.3. The molecule has 0 aromatic carbocycles. The monoisotopic (exact) mass is 177 g/mol. The minimum absolute atomic E-state index is 0.327. The second-order valence-electron chi connectivity index (χ2n) is 2.59. The van der Waals surface area contributed by atoms with Gasteiger partial charge in [0.25, 0.3) is 0 Å². The highest BCUT2D eigenvalue weighted by Crippen LogP contribution is 1.97. The molecule has 0 aliphatic heterocycles. The van der Waals surface area contributed by atoms with E-state index in [2.05, 4.69) is 12.7 Å². The van der Waals surface area contributed by atoms with Crippen LogP contribution in [-0.4, -0.2) is 22.4 Å². The SMILES string of the molecule is CC(N)O.CCCCCC(=O)O. The highest BCUT2D eigenvalue weighted by Gasteiger charge is 1.92. The zero-order valence-corrected chi connectivity index (χ0v) is 7.79. The van der Waals surface area contributed by atoms with Crippen molar-refractivity contribution in [1.82, 2.24) is 0 Å². The fourth-order valence-electron chi connectivity index (χ4n) is 0.526. The number of aliphatic carboxylic acids is 1. The molecule has 0 aromatic rings. The van der Waals surface area contributed by atoms with Gasteiger partial charge in [0.05, 0.1) is 6.23 Å². The minimum Gasteiger partial charge on any atom is -0.481 e.